The molecule has 40 heavy (non-hydrogen) atoms. The number of hydrogen-bond acceptors (Lipinski definition) is 5. The van der Waals surface area contributed by atoms with Gasteiger partial charge in [-0.25, -0.2) is 0 Å². The van der Waals surface area contributed by atoms with Crippen molar-refractivity contribution in [3.05, 3.63) is 101 Å². The Bertz CT molecular complexity index is 1270. The number of piperazine rings is 1. The molecular weight excluding hydrogens is 502 g/mol. The van der Waals surface area contributed by atoms with Crippen LogP contribution in [0.15, 0.2) is 72.8 Å². The lowest BCUT2D eigenvalue weighted by molar-refractivity contribution is -0.134. The Morgan fingerprint density at radius 3 is 2.25 bits per heavy atom. The molecule has 0 saturated carbocycles. The van der Waals surface area contributed by atoms with Gasteiger partial charge in [0, 0.05) is 45.6 Å². The van der Waals surface area contributed by atoms with Gasteiger partial charge in [0.15, 0.2) is 6.29 Å². The summed E-state index contributed by atoms with van der Waals surface area (Å²) in [6.45, 7) is 4.47. The molecule has 0 aliphatic carbocycles. The first-order chi connectivity index (χ1) is 19.5. The number of aldehydes is 1. The van der Waals surface area contributed by atoms with E-state index in [9.17, 15) is 14.4 Å². The number of aryl methyl sites for hydroxylation is 1. The number of nitrogens with zero attached hydrogens (tertiary/aromatic N) is 1. The molecule has 1 aliphatic rings. The molecular formula is C33H39N3O4. The van der Waals surface area contributed by atoms with Crippen LogP contribution in [0.5, 0.6) is 5.75 Å². The maximum atomic E-state index is 13.5. The van der Waals surface area contributed by atoms with Crippen LogP contribution >= 0.6 is 0 Å². The summed E-state index contributed by atoms with van der Waals surface area (Å²) in [5.74, 6) is 0.834. The van der Waals surface area contributed by atoms with Crippen LogP contribution in [0.3, 0.4) is 0 Å². The third-order valence-corrected chi connectivity index (χ3v) is 7.38. The molecule has 3 aromatic rings. The smallest absolute Gasteiger partial charge is 0.223 e. The highest BCUT2D eigenvalue weighted by Crippen LogP contribution is 2.21. The van der Waals surface area contributed by atoms with Crippen LogP contribution in [-0.2, 0) is 40.1 Å². The van der Waals surface area contributed by atoms with Crippen molar-refractivity contribution in [2.45, 2.75) is 45.1 Å². The third-order valence-electron chi connectivity index (χ3n) is 7.38. The van der Waals surface area contributed by atoms with Crippen molar-refractivity contribution in [2.24, 2.45) is 0 Å². The summed E-state index contributed by atoms with van der Waals surface area (Å²) in [6, 6.07) is 24.6. The predicted molar refractivity (Wildman–Crippen MR) is 156 cm³/mol. The molecule has 0 radical (unpaired) electrons. The zero-order valence-electron chi connectivity index (χ0n) is 23.2. The van der Waals surface area contributed by atoms with Crippen LogP contribution in [-0.4, -0.2) is 61.8 Å². The van der Waals surface area contributed by atoms with Crippen LogP contribution in [0.25, 0.3) is 0 Å². The van der Waals surface area contributed by atoms with Gasteiger partial charge in [0.2, 0.25) is 11.8 Å². The first kappa shape index (κ1) is 29.0. The minimum Gasteiger partial charge on any atom is -0.486 e. The SMILES string of the molecule is CC(=O)NCCc1ccccc1Cc1ccccc1CCC(=O)N1CCNC[C@H]1Cc1ccc(OCC=O)cc1. The summed E-state index contributed by atoms with van der Waals surface area (Å²) >= 11 is 0. The second-order valence-corrected chi connectivity index (χ2v) is 10.2. The third kappa shape index (κ3) is 8.52. The van der Waals surface area contributed by atoms with Crippen LogP contribution in [0, 0.1) is 0 Å². The number of benzene rings is 3. The second kappa shape index (κ2) is 15.0. The first-order valence-electron chi connectivity index (χ1n) is 14.1. The molecule has 1 saturated heterocycles. The fourth-order valence-electron chi connectivity index (χ4n) is 5.31. The number of nitrogens with one attached hydrogen (secondary N) is 2. The van der Waals surface area contributed by atoms with E-state index in [4.69, 9.17) is 4.74 Å². The van der Waals surface area contributed by atoms with Crippen molar-refractivity contribution in [1.29, 1.82) is 0 Å². The van der Waals surface area contributed by atoms with Crippen molar-refractivity contribution >= 4 is 18.1 Å². The van der Waals surface area contributed by atoms with E-state index in [0.29, 0.717) is 31.7 Å². The summed E-state index contributed by atoms with van der Waals surface area (Å²) in [4.78, 5) is 37.3. The van der Waals surface area contributed by atoms with Gasteiger partial charge >= 0.3 is 0 Å². The van der Waals surface area contributed by atoms with Gasteiger partial charge in [0.05, 0.1) is 0 Å². The Kier molecular flexibility index (Phi) is 10.9. The van der Waals surface area contributed by atoms with E-state index in [1.165, 1.54) is 29.2 Å². The Hall–Kier alpha value is -3.97. The molecule has 7 nitrogen and oxygen atoms in total. The first-order valence-corrected chi connectivity index (χ1v) is 14.1. The van der Waals surface area contributed by atoms with Gasteiger partial charge in [-0.2, -0.15) is 0 Å². The normalized spacial score (nSPS) is 14.9. The number of amides is 2. The highest BCUT2D eigenvalue weighted by Gasteiger charge is 2.26. The van der Waals surface area contributed by atoms with Gasteiger partial charge in [-0.05, 0) is 65.6 Å². The Morgan fingerprint density at radius 2 is 1.60 bits per heavy atom. The van der Waals surface area contributed by atoms with Gasteiger partial charge in [0.25, 0.3) is 0 Å². The average Bonchev–Trinajstić information content (AvgIpc) is 2.97. The van der Waals surface area contributed by atoms with E-state index in [2.05, 4.69) is 47.0 Å². The second-order valence-electron chi connectivity index (χ2n) is 10.2. The van der Waals surface area contributed by atoms with Crippen molar-refractivity contribution in [3.8, 4) is 5.75 Å². The lowest BCUT2D eigenvalue weighted by Gasteiger charge is -2.36. The fourth-order valence-corrected chi connectivity index (χ4v) is 5.31. The van der Waals surface area contributed by atoms with Gasteiger partial charge in [-0.3, -0.25) is 14.4 Å². The molecule has 7 heteroatoms. The molecule has 0 spiro atoms. The molecule has 3 aromatic carbocycles. The van der Waals surface area contributed by atoms with Crippen LogP contribution in [0.4, 0.5) is 0 Å². The summed E-state index contributed by atoms with van der Waals surface area (Å²) in [5.41, 5.74) is 6.04. The predicted octanol–water partition coefficient (Wildman–Crippen LogP) is 3.51. The lowest BCUT2D eigenvalue weighted by atomic mass is 9.93. The van der Waals surface area contributed by atoms with Gasteiger partial charge < -0.3 is 20.3 Å². The summed E-state index contributed by atoms with van der Waals surface area (Å²) in [5, 5.41) is 6.32. The van der Waals surface area contributed by atoms with Gasteiger partial charge in [-0.15, -0.1) is 0 Å². The van der Waals surface area contributed by atoms with Gasteiger partial charge in [0.1, 0.15) is 12.4 Å². The zero-order chi connectivity index (χ0) is 28.2. The lowest BCUT2D eigenvalue weighted by Crippen LogP contribution is -2.54. The molecule has 4 rings (SSSR count). The molecule has 1 atom stereocenters. The number of carbonyl (C=O) groups excluding carboxylic acids is 3. The molecule has 2 N–H and O–H groups in total. The molecule has 0 unspecified atom stereocenters. The highest BCUT2D eigenvalue weighted by atomic mass is 16.5. The van der Waals surface area contributed by atoms with E-state index in [0.717, 1.165) is 44.2 Å². The van der Waals surface area contributed by atoms with Crippen molar-refractivity contribution < 1.29 is 19.1 Å². The molecule has 1 fully saturated rings. The number of rotatable bonds is 13. The van der Waals surface area contributed by atoms with Crippen molar-refractivity contribution in [3.63, 3.8) is 0 Å². The summed E-state index contributed by atoms with van der Waals surface area (Å²) in [7, 11) is 0. The Morgan fingerprint density at radius 1 is 0.950 bits per heavy atom. The fraction of sp³-hybridized carbons (Fsp3) is 0.364. The summed E-state index contributed by atoms with van der Waals surface area (Å²) in [6.07, 6.45) is 4.24. The minimum atomic E-state index is -0.0159. The number of ether oxygens (including phenoxy) is 1. The summed E-state index contributed by atoms with van der Waals surface area (Å²) < 4.78 is 5.35. The van der Waals surface area contributed by atoms with E-state index >= 15 is 0 Å². The van der Waals surface area contributed by atoms with Crippen LogP contribution in [0.1, 0.15) is 41.2 Å². The molecule has 1 heterocycles. The highest BCUT2D eigenvalue weighted by molar-refractivity contribution is 5.77. The maximum absolute atomic E-state index is 13.5. The molecule has 1 aliphatic heterocycles. The van der Waals surface area contributed by atoms with E-state index < -0.39 is 0 Å². The van der Waals surface area contributed by atoms with Crippen molar-refractivity contribution in [1.82, 2.24) is 15.5 Å². The molecule has 210 valence electrons. The largest absolute Gasteiger partial charge is 0.486 e. The Labute approximate surface area is 236 Å². The van der Waals surface area contributed by atoms with Crippen LogP contribution < -0.4 is 15.4 Å². The number of carbonyl (C=O) groups is 3. The number of hydrogen-bond donors (Lipinski definition) is 2. The van der Waals surface area contributed by atoms with Gasteiger partial charge in [-0.1, -0.05) is 60.7 Å². The standard InChI is InChI=1S/C33H39N3O4/c1-25(38)35-17-16-28-7-3-5-9-30(28)23-29-8-4-2-6-27(29)12-15-33(39)36-19-18-34-24-31(36)22-26-10-13-32(14-11-26)40-21-20-37/h2-11,13-14,20,31,34H,12,15-19,21-24H2,1H3,(H,35,38)/t31-/m1/s1. The van der Waals surface area contributed by atoms with E-state index in [1.54, 1.807) is 0 Å². The maximum Gasteiger partial charge on any atom is 0.223 e. The zero-order valence-corrected chi connectivity index (χ0v) is 23.2. The minimum absolute atomic E-state index is 0.0159. The van der Waals surface area contributed by atoms with E-state index in [-0.39, 0.29) is 24.5 Å². The monoisotopic (exact) mass is 541 g/mol. The van der Waals surface area contributed by atoms with E-state index in [1.807, 2.05) is 41.3 Å². The quantitative estimate of drug-likeness (QED) is 0.324. The molecule has 0 aromatic heterocycles. The molecule has 0 bridgehead atoms. The van der Waals surface area contributed by atoms with Crippen molar-refractivity contribution in [2.75, 3.05) is 32.8 Å². The molecule has 2 amide bonds. The average molecular weight is 542 g/mol. The van der Waals surface area contributed by atoms with Crippen LogP contribution in [0.2, 0.25) is 0 Å². The Balaban J connectivity index is 1.37. The topological polar surface area (TPSA) is 87.7 Å².